The molecule has 1 atom stereocenters. The second-order valence-corrected chi connectivity index (χ2v) is 8.46. The molecule has 1 N–H and O–H groups in total. The Hall–Kier alpha value is -3.49. The maximum atomic E-state index is 14.6. The van der Waals surface area contributed by atoms with Crippen molar-refractivity contribution < 1.29 is 32.3 Å². The standard InChI is InChI=1S/C25H25F3N2O4/c1-14(31)7-10-22(16(3)32)30-13-18-11-17(8-9-19(18)23(30)33)12-29-24(34)25(27,28)20-5-4-6-21(26)15(20)2/h4-6,8-9,11,22H,7,10,12-13H2,1-3H3,(H,29,34). The molecule has 180 valence electrons. The van der Waals surface area contributed by atoms with E-state index in [2.05, 4.69) is 5.32 Å². The first-order valence-corrected chi connectivity index (χ1v) is 10.8. The fourth-order valence-corrected chi connectivity index (χ4v) is 4.04. The number of Topliss-reactive ketones (excluding diaryl/α,β-unsaturated/α-hetero) is 2. The molecule has 3 rings (SSSR count). The van der Waals surface area contributed by atoms with Gasteiger partial charge in [-0.3, -0.25) is 14.4 Å². The normalized spacial score (nSPS) is 14.1. The van der Waals surface area contributed by atoms with Crippen molar-refractivity contribution in [3.63, 3.8) is 0 Å². The summed E-state index contributed by atoms with van der Waals surface area (Å²) in [7, 11) is 0. The minimum absolute atomic E-state index is 0.0846. The fourth-order valence-electron chi connectivity index (χ4n) is 4.04. The number of hydrogen-bond acceptors (Lipinski definition) is 4. The highest BCUT2D eigenvalue weighted by Gasteiger charge is 2.42. The van der Waals surface area contributed by atoms with E-state index >= 15 is 0 Å². The molecule has 6 nitrogen and oxygen atoms in total. The zero-order valence-electron chi connectivity index (χ0n) is 19.1. The number of carbonyl (C=O) groups is 4. The van der Waals surface area contributed by atoms with Crippen LogP contribution in [-0.2, 0) is 33.4 Å². The van der Waals surface area contributed by atoms with Crippen molar-refractivity contribution in [2.75, 3.05) is 0 Å². The number of benzene rings is 2. The van der Waals surface area contributed by atoms with Crippen LogP contribution in [0.15, 0.2) is 36.4 Å². The van der Waals surface area contributed by atoms with Crippen molar-refractivity contribution in [2.45, 2.75) is 58.7 Å². The van der Waals surface area contributed by atoms with Crippen molar-refractivity contribution in [1.82, 2.24) is 10.2 Å². The molecule has 0 aromatic heterocycles. The van der Waals surface area contributed by atoms with E-state index in [1.807, 2.05) is 0 Å². The molecule has 0 aliphatic carbocycles. The topological polar surface area (TPSA) is 83.6 Å². The summed E-state index contributed by atoms with van der Waals surface area (Å²) in [5.41, 5.74) is 0.449. The molecule has 0 radical (unpaired) electrons. The quantitative estimate of drug-likeness (QED) is 0.599. The smallest absolute Gasteiger partial charge is 0.346 e. The first-order valence-electron chi connectivity index (χ1n) is 10.8. The van der Waals surface area contributed by atoms with E-state index in [9.17, 15) is 32.3 Å². The van der Waals surface area contributed by atoms with Gasteiger partial charge in [0.1, 0.15) is 11.6 Å². The van der Waals surface area contributed by atoms with E-state index in [-0.39, 0.29) is 49.0 Å². The number of rotatable bonds is 9. The van der Waals surface area contributed by atoms with E-state index in [1.54, 1.807) is 6.07 Å². The Kier molecular flexibility index (Phi) is 7.24. The van der Waals surface area contributed by atoms with Gasteiger partial charge in [-0.1, -0.05) is 24.3 Å². The lowest BCUT2D eigenvalue weighted by atomic mass is 10.0. The maximum absolute atomic E-state index is 14.6. The maximum Gasteiger partial charge on any atom is 0.350 e. The lowest BCUT2D eigenvalue weighted by Crippen LogP contribution is -2.40. The summed E-state index contributed by atoms with van der Waals surface area (Å²) in [6.45, 7) is 3.86. The van der Waals surface area contributed by atoms with E-state index in [4.69, 9.17) is 0 Å². The highest BCUT2D eigenvalue weighted by atomic mass is 19.3. The second kappa shape index (κ2) is 9.79. The molecule has 34 heavy (non-hydrogen) atoms. The Balaban J connectivity index is 1.72. The largest absolute Gasteiger partial charge is 0.350 e. The zero-order chi connectivity index (χ0) is 25.2. The molecule has 1 aliphatic rings. The van der Waals surface area contributed by atoms with E-state index < -0.39 is 29.3 Å². The average Bonchev–Trinajstić information content (AvgIpc) is 3.09. The molecule has 0 saturated heterocycles. The summed E-state index contributed by atoms with van der Waals surface area (Å²) < 4.78 is 42.9. The molecule has 0 saturated carbocycles. The molecule has 2 aromatic rings. The van der Waals surface area contributed by atoms with Crippen LogP contribution in [0.2, 0.25) is 0 Å². The molecule has 2 amide bonds. The van der Waals surface area contributed by atoms with Crippen LogP contribution in [0.3, 0.4) is 0 Å². The second-order valence-electron chi connectivity index (χ2n) is 8.46. The van der Waals surface area contributed by atoms with Crippen molar-refractivity contribution in [2.24, 2.45) is 0 Å². The number of fused-ring (bicyclic) bond motifs is 1. The summed E-state index contributed by atoms with van der Waals surface area (Å²) >= 11 is 0. The lowest BCUT2D eigenvalue weighted by Gasteiger charge is -2.25. The number of alkyl halides is 2. The van der Waals surface area contributed by atoms with Crippen molar-refractivity contribution in [3.8, 4) is 0 Å². The molecule has 0 bridgehead atoms. The van der Waals surface area contributed by atoms with Gasteiger partial charge in [0, 0.05) is 30.6 Å². The first-order chi connectivity index (χ1) is 15.9. The van der Waals surface area contributed by atoms with Gasteiger partial charge in [-0.05, 0) is 56.0 Å². The van der Waals surface area contributed by atoms with Crippen LogP contribution in [-0.4, -0.2) is 34.3 Å². The third kappa shape index (κ3) is 5.03. The van der Waals surface area contributed by atoms with Gasteiger partial charge in [-0.15, -0.1) is 0 Å². The molecule has 1 heterocycles. The third-order valence-corrected chi connectivity index (χ3v) is 5.96. The van der Waals surface area contributed by atoms with Crippen LogP contribution >= 0.6 is 0 Å². The van der Waals surface area contributed by atoms with Crippen LogP contribution in [0.1, 0.15) is 59.3 Å². The predicted octanol–water partition coefficient (Wildman–Crippen LogP) is 3.82. The van der Waals surface area contributed by atoms with Crippen LogP contribution in [0, 0.1) is 12.7 Å². The molecule has 2 aromatic carbocycles. The van der Waals surface area contributed by atoms with Gasteiger partial charge in [0.2, 0.25) is 0 Å². The van der Waals surface area contributed by atoms with Gasteiger partial charge >= 0.3 is 5.92 Å². The van der Waals surface area contributed by atoms with Crippen LogP contribution in [0.25, 0.3) is 0 Å². The molecule has 0 fully saturated rings. The number of halogens is 3. The molecule has 1 aliphatic heterocycles. The summed E-state index contributed by atoms with van der Waals surface area (Å²) in [6, 6.07) is 7.10. The molecular formula is C25H25F3N2O4. The summed E-state index contributed by atoms with van der Waals surface area (Å²) in [4.78, 5) is 49.8. The zero-order valence-corrected chi connectivity index (χ0v) is 19.1. The van der Waals surface area contributed by atoms with Gasteiger partial charge in [0.15, 0.2) is 5.78 Å². The van der Waals surface area contributed by atoms with E-state index in [0.717, 1.165) is 18.2 Å². The lowest BCUT2D eigenvalue weighted by molar-refractivity contribution is -0.147. The molecule has 9 heteroatoms. The van der Waals surface area contributed by atoms with Gasteiger partial charge < -0.3 is 15.0 Å². The molecule has 0 spiro atoms. The Morgan fingerprint density at radius 3 is 2.50 bits per heavy atom. The van der Waals surface area contributed by atoms with Crippen molar-refractivity contribution in [1.29, 1.82) is 0 Å². The highest BCUT2D eigenvalue weighted by molar-refractivity contribution is 6.01. The highest BCUT2D eigenvalue weighted by Crippen LogP contribution is 2.32. The molecule has 1 unspecified atom stereocenters. The Morgan fingerprint density at radius 2 is 1.85 bits per heavy atom. The third-order valence-electron chi connectivity index (χ3n) is 5.96. The fraction of sp³-hybridized carbons (Fsp3) is 0.360. The number of amides is 2. The van der Waals surface area contributed by atoms with Crippen molar-refractivity contribution in [3.05, 3.63) is 70.0 Å². The number of nitrogens with one attached hydrogen (secondary N) is 1. The Bertz CT molecular complexity index is 1160. The van der Waals surface area contributed by atoms with E-state index in [0.29, 0.717) is 16.7 Å². The number of ketones is 2. The summed E-state index contributed by atoms with van der Waals surface area (Å²) in [5, 5.41) is 2.17. The van der Waals surface area contributed by atoms with Gasteiger partial charge in [0.25, 0.3) is 11.8 Å². The first kappa shape index (κ1) is 25.1. The number of carbonyl (C=O) groups excluding carboxylic acids is 4. The monoisotopic (exact) mass is 474 g/mol. The van der Waals surface area contributed by atoms with Crippen LogP contribution < -0.4 is 5.32 Å². The summed E-state index contributed by atoms with van der Waals surface area (Å²) in [5.74, 6) is -6.99. The predicted molar refractivity (Wildman–Crippen MR) is 118 cm³/mol. The minimum atomic E-state index is -3.93. The van der Waals surface area contributed by atoms with Crippen LogP contribution in [0.4, 0.5) is 13.2 Å². The Labute approximate surface area is 195 Å². The SMILES string of the molecule is CC(=O)CCC(C(C)=O)N1Cc2cc(CNC(=O)C(F)(F)c3cccc(F)c3C)ccc2C1=O. The molecular weight excluding hydrogens is 449 g/mol. The Morgan fingerprint density at radius 1 is 1.15 bits per heavy atom. The average molecular weight is 474 g/mol. The van der Waals surface area contributed by atoms with Gasteiger partial charge in [-0.25, -0.2) is 4.39 Å². The number of hydrogen-bond donors (Lipinski definition) is 1. The van der Waals surface area contributed by atoms with Crippen molar-refractivity contribution >= 4 is 23.4 Å². The number of nitrogens with zero attached hydrogens (tertiary/aromatic N) is 1. The summed E-state index contributed by atoms with van der Waals surface area (Å²) in [6.07, 6.45) is 0.391. The van der Waals surface area contributed by atoms with Gasteiger partial charge in [0.05, 0.1) is 6.04 Å². The minimum Gasteiger partial charge on any atom is -0.346 e. The van der Waals surface area contributed by atoms with Crippen LogP contribution in [0.5, 0.6) is 0 Å². The van der Waals surface area contributed by atoms with E-state index in [1.165, 1.54) is 37.8 Å². The van der Waals surface area contributed by atoms with Gasteiger partial charge in [-0.2, -0.15) is 8.78 Å².